The Morgan fingerprint density at radius 2 is 1.75 bits per heavy atom. The fourth-order valence-corrected chi connectivity index (χ4v) is 5.58. The van der Waals surface area contributed by atoms with E-state index in [-0.39, 0.29) is 11.8 Å². The molecule has 1 aromatic heterocycles. The Morgan fingerprint density at radius 3 is 2.50 bits per heavy atom. The second-order valence-electron chi connectivity index (χ2n) is 8.38. The molecule has 4 aromatic rings. The zero-order valence-corrected chi connectivity index (χ0v) is 21.1. The Kier molecular flexibility index (Phi) is 6.24. The van der Waals surface area contributed by atoms with Crippen LogP contribution in [0.2, 0.25) is 0 Å². The zero-order valence-electron chi connectivity index (χ0n) is 20.3. The lowest BCUT2D eigenvalue weighted by atomic mass is 9.79. The molecule has 1 N–H and O–H groups in total. The van der Waals surface area contributed by atoms with E-state index in [0.29, 0.717) is 27.8 Å². The van der Waals surface area contributed by atoms with Gasteiger partial charge in [0.15, 0.2) is 16.6 Å². The van der Waals surface area contributed by atoms with Crippen molar-refractivity contribution in [1.82, 2.24) is 9.88 Å². The van der Waals surface area contributed by atoms with Gasteiger partial charge in [-0.3, -0.25) is 9.59 Å². The van der Waals surface area contributed by atoms with Gasteiger partial charge in [0.2, 0.25) is 5.91 Å². The maximum Gasteiger partial charge on any atom is 0.254 e. The summed E-state index contributed by atoms with van der Waals surface area (Å²) in [5, 5.41) is 3.48. The number of carbonyl (C=O) groups excluding carboxylic acids is 2. The lowest BCUT2D eigenvalue weighted by Gasteiger charge is -2.39. The van der Waals surface area contributed by atoms with Crippen molar-refractivity contribution in [1.29, 1.82) is 0 Å². The first-order chi connectivity index (χ1) is 17.4. The zero-order chi connectivity index (χ0) is 25.4. The Morgan fingerprint density at radius 1 is 0.972 bits per heavy atom. The normalized spacial score (nSPS) is 17.0. The number of benzene rings is 3. The Bertz CT molecular complexity index is 1470. The van der Waals surface area contributed by atoms with Crippen molar-refractivity contribution >= 4 is 38.5 Å². The molecule has 0 saturated heterocycles. The van der Waals surface area contributed by atoms with Crippen molar-refractivity contribution < 1.29 is 23.8 Å². The SMILES string of the molecule is COc1ccc2nc(NC(=O)[C@H]3c4ccccc4C(=O)N(C)[C@@H]3c3ccc(OC)c(OC)c3)sc2c1. The van der Waals surface area contributed by atoms with Gasteiger partial charge in [0.25, 0.3) is 5.91 Å². The molecule has 0 saturated carbocycles. The number of nitrogens with zero attached hydrogens (tertiary/aromatic N) is 2. The molecule has 184 valence electrons. The molecule has 0 aliphatic carbocycles. The van der Waals surface area contributed by atoms with Gasteiger partial charge in [-0.25, -0.2) is 4.98 Å². The number of rotatable bonds is 6. The number of ether oxygens (including phenoxy) is 3. The third-order valence-electron chi connectivity index (χ3n) is 6.44. The first-order valence-corrected chi connectivity index (χ1v) is 12.1. The number of hydrogen-bond acceptors (Lipinski definition) is 7. The van der Waals surface area contributed by atoms with E-state index < -0.39 is 12.0 Å². The molecule has 3 aromatic carbocycles. The largest absolute Gasteiger partial charge is 0.497 e. The number of anilines is 1. The van der Waals surface area contributed by atoms with Gasteiger partial charge in [-0.1, -0.05) is 35.6 Å². The monoisotopic (exact) mass is 503 g/mol. The molecule has 0 fully saturated rings. The summed E-state index contributed by atoms with van der Waals surface area (Å²) < 4.78 is 17.1. The van der Waals surface area contributed by atoms with Crippen molar-refractivity contribution in [3.8, 4) is 17.2 Å². The minimum absolute atomic E-state index is 0.151. The van der Waals surface area contributed by atoms with Gasteiger partial charge in [0, 0.05) is 12.6 Å². The number of methoxy groups -OCH3 is 3. The van der Waals surface area contributed by atoms with Crippen LogP contribution in [0.1, 0.15) is 33.4 Å². The summed E-state index contributed by atoms with van der Waals surface area (Å²) in [6.07, 6.45) is 0. The number of nitrogens with one attached hydrogen (secondary N) is 1. The van der Waals surface area contributed by atoms with E-state index in [2.05, 4.69) is 10.3 Å². The van der Waals surface area contributed by atoms with Crippen molar-refractivity contribution in [3.05, 3.63) is 77.4 Å². The molecule has 1 aliphatic heterocycles. The molecule has 9 heteroatoms. The Labute approximate surface area is 212 Å². The minimum atomic E-state index is -0.677. The number of likely N-dealkylation sites (N-methyl/N-ethyl adjacent to an activating group) is 1. The molecule has 0 unspecified atom stereocenters. The average Bonchev–Trinajstić information content (AvgIpc) is 3.31. The molecule has 5 rings (SSSR count). The molecule has 8 nitrogen and oxygen atoms in total. The Hall–Kier alpha value is -4.11. The molecule has 2 atom stereocenters. The van der Waals surface area contributed by atoms with Crippen LogP contribution in [0.3, 0.4) is 0 Å². The summed E-state index contributed by atoms with van der Waals surface area (Å²) >= 11 is 1.37. The smallest absolute Gasteiger partial charge is 0.254 e. The standard InChI is InChI=1S/C27H25N3O5S/c1-30-24(15-9-12-20(34-3)21(13-15)35-4)23(17-7-5-6-8-18(17)26(30)32)25(31)29-27-28-19-11-10-16(33-2)14-22(19)36-27/h5-14,23-24H,1-4H3,(H,28,29,31)/t23-,24+/m0/s1. The Balaban J connectivity index is 1.58. The van der Waals surface area contributed by atoms with E-state index >= 15 is 0 Å². The van der Waals surface area contributed by atoms with Crippen LogP contribution in [0.25, 0.3) is 10.2 Å². The van der Waals surface area contributed by atoms with E-state index in [4.69, 9.17) is 14.2 Å². The molecular formula is C27H25N3O5S. The fourth-order valence-electron chi connectivity index (χ4n) is 4.68. The van der Waals surface area contributed by atoms with Gasteiger partial charge in [0.05, 0.1) is 43.5 Å². The summed E-state index contributed by atoms with van der Waals surface area (Å²) in [4.78, 5) is 33.4. The lowest BCUT2D eigenvalue weighted by Crippen LogP contribution is -2.44. The van der Waals surface area contributed by atoms with Gasteiger partial charge < -0.3 is 24.4 Å². The lowest BCUT2D eigenvalue weighted by molar-refractivity contribution is -0.119. The number of carbonyl (C=O) groups is 2. The third-order valence-corrected chi connectivity index (χ3v) is 7.37. The van der Waals surface area contributed by atoms with Crippen LogP contribution in [0, 0.1) is 0 Å². The highest BCUT2D eigenvalue weighted by Crippen LogP contribution is 2.44. The van der Waals surface area contributed by atoms with Crippen LogP contribution < -0.4 is 19.5 Å². The number of aromatic nitrogens is 1. The van der Waals surface area contributed by atoms with Gasteiger partial charge in [-0.15, -0.1) is 0 Å². The number of thiazole rings is 1. The van der Waals surface area contributed by atoms with Gasteiger partial charge in [0.1, 0.15) is 5.75 Å². The average molecular weight is 504 g/mol. The molecule has 1 aliphatic rings. The topological polar surface area (TPSA) is 90.0 Å². The van der Waals surface area contributed by atoms with Gasteiger partial charge >= 0.3 is 0 Å². The van der Waals surface area contributed by atoms with Crippen LogP contribution in [0.5, 0.6) is 17.2 Å². The van der Waals surface area contributed by atoms with Crippen molar-refractivity contribution in [2.45, 2.75) is 12.0 Å². The number of amides is 2. The van der Waals surface area contributed by atoms with E-state index in [1.807, 2.05) is 42.5 Å². The number of fused-ring (bicyclic) bond motifs is 2. The molecule has 0 bridgehead atoms. The van der Waals surface area contributed by atoms with Crippen LogP contribution in [-0.2, 0) is 4.79 Å². The summed E-state index contributed by atoms with van der Waals surface area (Å²) in [5.41, 5.74) is 2.70. The van der Waals surface area contributed by atoms with Gasteiger partial charge in [-0.2, -0.15) is 0 Å². The second kappa shape index (κ2) is 9.50. The predicted octanol–water partition coefficient (Wildman–Crippen LogP) is 4.87. The van der Waals surface area contributed by atoms with E-state index in [9.17, 15) is 9.59 Å². The molecule has 0 spiro atoms. The van der Waals surface area contributed by atoms with Crippen molar-refractivity contribution in [3.63, 3.8) is 0 Å². The highest BCUT2D eigenvalue weighted by Gasteiger charge is 2.43. The molecule has 36 heavy (non-hydrogen) atoms. The molecular weight excluding hydrogens is 478 g/mol. The van der Waals surface area contributed by atoms with Crippen molar-refractivity contribution in [2.75, 3.05) is 33.7 Å². The highest BCUT2D eigenvalue weighted by atomic mass is 32.1. The first-order valence-electron chi connectivity index (χ1n) is 11.3. The summed E-state index contributed by atoms with van der Waals surface area (Å²) in [5.74, 6) is 0.725. The van der Waals surface area contributed by atoms with E-state index in [1.54, 1.807) is 51.5 Å². The molecule has 2 amide bonds. The van der Waals surface area contributed by atoms with Crippen molar-refractivity contribution in [2.24, 2.45) is 0 Å². The van der Waals surface area contributed by atoms with Gasteiger partial charge in [-0.05, 0) is 47.5 Å². The highest BCUT2D eigenvalue weighted by molar-refractivity contribution is 7.22. The minimum Gasteiger partial charge on any atom is -0.497 e. The predicted molar refractivity (Wildman–Crippen MR) is 138 cm³/mol. The molecule has 2 heterocycles. The van der Waals surface area contributed by atoms with Crippen LogP contribution in [0.4, 0.5) is 5.13 Å². The van der Waals surface area contributed by atoms with Crippen LogP contribution >= 0.6 is 11.3 Å². The number of hydrogen-bond donors (Lipinski definition) is 1. The van der Waals surface area contributed by atoms with E-state index in [1.165, 1.54) is 11.3 Å². The second-order valence-corrected chi connectivity index (χ2v) is 9.41. The van der Waals surface area contributed by atoms with Crippen LogP contribution in [-0.4, -0.2) is 50.1 Å². The summed E-state index contributed by atoms with van der Waals surface area (Å²) in [7, 11) is 6.44. The maximum absolute atomic E-state index is 13.9. The third kappa shape index (κ3) is 4.01. The quantitative estimate of drug-likeness (QED) is 0.404. The summed E-state index contributed by atoms with van der Waals surface area (Å²) in [6, 6.07) is 17.7. The van der Waals surface area contributed by atoms with Crippen LogP contribution in [0.15, 0.2) is 60.7 Å². The first kappa shape index (κ1) is 23.6. The maximum atomic E-state index is 13.9. The fraction of sp³-hybridized carbons (Fsp3) is 0.222. The summed E-state index contributed by atoms with van der Waals surface area (Å²) in [6.45, 7) is 0. The molecule has 0 radical (unpaired) electrons. The van der Waals surface area contributed by atoms with E-state index in [0.717, 1.165) is 21.5 Å².